The summed E-state index contributed by atoms with van der Waals surface area (Å²) in [5.74, 6) is 3.21. The van der Waals surface area contributed by atoms with Crippen molar-refractivity contribution in [2.75, 3.05) is 31.6 Å². The van der Waals surface area contributed by atoms with E-state index >= 15 is 0 Å². The molecule has 1 fully saturated rings. The van der Waals surface area contributed by atoms with Crippen LogP contribution in [0.1, 0.15) is 50.5 Å². The molecule has 1 aliphatic carbocycles. The molecule has 1 aromatic heterocycles. The van der Waals surface area contributed by atoms with E-state index in [0.29, 0.717) is 0 Å². The Hall–Kier alpha value is -1.16. The topological polar surface area (TPSA) is 28.2 Å². The van der Waals surface area contributed by atoms with E-state index in [4.69, 9.17) is 0 Å². The Morgan fingerprint density at radius 3 is 2.72 bits per heavy atom. The minimum Gasteiger partial charge on any atom is -0.372 e. The van der Waals surface area contributed by atoms with Gasteiger partial charge in [-0.15, -0.1) is 0 Å². The van der Waals surface area contributed by atoms with Gasteiger partial charge in [0.25, 0.3) is 0 Å². The van der Waals surface area contributed by atoms with Gasteiger partial charge in [0.05, 0.1) is 5.82 Å². The average Bonchev–Trinajstić information content (AvgIpc) is 2.67. The van der Waals surface area contributed by atoms with Crippen molar-refractivity contribution in [1.29, 1.82) is 0 Å². The van der Waals surface area contributed by atoms with Crippen LogP contribution in [-0.2, 0) is 6.42 Å². The quantitative estimate of drug-likeness (QED) is 0.546. The van der Waals surface area contributed by atoms with Gasteiger partial charge in [-0.3, -0.25) is 4.98 Å². The summed E-state index contributed by atoms with van der Waals surface area (Å²) in [4.78, 5) is 6.54. The Labute approximate surface area is 158 Å². The Kier molecular flexibility index (Phi) is 9.86. The summed E-state index contributed by atoms with van der Waals surface area (Å²) in [7, 11) is 0. The van der Waals surface area contributed by atoms with Crippen molar-refractivity contribution >= 4 is 11.8 Å². The molecule has 140 valence electrons. The van der Waals surface area contributed by atoms with Gasteiger partial charge < -0.3 is 10.2 Å². The smallest absolute Gasteiger partial charge is 0.0939 e. The lowest BCUT2D eigenvalue weighted by Gasteiger charge is -2.30. The van der Waals surface area contributed by atoms with E-state index in [1.54, 1.807) is 0 Å². The fourth-order valence-corrected chi connectivity index (χ4v) is 3.99. The van der Waals surface area contributed by atoms with Crippen molar-refractivity contribution in [2.45, 2.75) is 51.4 Å². The SMILES string of the molecule is C=C(NCCCc1ccncc1)N(CCSC)CCC1CCCCC1. The minimum atomic E-state index is 0.935. The minimum absolute atomic E-state index is 0.935. The molecule has 25 heavy (non-hydrogen) atoms. The van der Waals surface area contributed by atoms with Crippen LogP contribution in [0.2, 0.25) is 0 Å². The third kappa shape index (κ3) is 8.17. The van der Waals surface area contributed by atoms with Crippen LogP contribution in [0.5, 0.6) is 0 Å². The molecule has 0 radical (unpaired) electrons. The van der Waals surface area contributed by atoms with Crippen molar-refractivity contribution in [3.05, 3.63) is 42.5 Å². The molecule has 0 aliphatic heterocycles. The fraction of sp³-hybridized carbons (Fsp3) is 0.667. The van der Waals surface area contributed by atoms with E-state index in [-0.39, 0.29) is 0 Å². The van der Waals surface area contributed by atoms with Crippen LogP contribution in [0, 0.1) is 5.92 Å². The molecule has 0 atom stereocenters. The van der Waals surface area contributed by atoms with Crippen molar-refractivity contribution in [3.63, 3.8) is 0 Å². The van der Waals surface area contributed by atoms with Gasteiger partial charge in [-0.05, 0) is 49.1 Å². The van der Waals surface area contributed by atoms with Crippen LogP contribution in [0.3, 0.4) is 0 Å². The predicted octanol–water partition coefficient (Wildman–Crippen LogP) is 4.71. The second-order valence-corrected chi connectivity index (χ2v) is 8.09. The molecule has 3 nitrogen and oxygen atoms in total. The molecule has 0 aromatic carbocycles. The van der Waals surface area contributed by atoms with E-state index in [9.17, 15) is 0 Å². The first-order chi connectivity index (χ1) is 12.3. The third-order valence-electron chi connectivity index (χ3n) is 5.20. The van der Waals surface area contributed by atoms with Gasteiger partial charge in [0.1, 0.15) is 0 Å². The molecular formula is C21H35N3S. The Bertz CT molecular complexity index is 471. The second kappa shape index (κ2) is 12.2. The molecule has 4 heteroatoms. The largest absolute Gasteiger partial charge is 0.372 e. The van der Waals surface area contributed by atoms with Gasteiger partial charge in [0, 0.05) is 37.8 Å². The van der Waals surface area contributed by atoms with E-state index in [0.717, 1.165) is 44.2 Å². The van der Waals surface area contributed by atoms with Crippen LogP contribution in [-0.4, -0.2) is 41.5 Å². The van der Waals surface area contributed by atoms with E-state index in [1.165, 1.54) is 49.8 Å². The zero-order valence-electron chi connectivity index (χ0n) is 15.9. The number of aryl methyl sites for hydroxylation is 1. The molecule has 2 rings (SSSR count). The first kappa shape index (κ1) is 20.2. The normalized spacial score (nSPS) is 15.1. The standard InChI is InChI=1S/C21H35N3S/c1-19(23-13-6-9-21-10-14-22-15-11-21)24(17-18-25-2)16-12-20-7-4-3-5-8-20/h10-11,14-15,20,23H,1,3-9,12-13,16-18H2,2H3. The fourth-order valence-electron chi connectivity index (χ4n) is 3.58. The summed E-state index contributed by atoms with van der Waals surface area (Å²) in [6.07, 6.45) is 16.7. The molecular weight excluding hydrogens is 326 g/mol. The summed E-state index contributed by atoms with van der Waals surface area (Å²) >= 11 is 1.92. The number of pyridine rings is 1. The Balaban J connectivity index is 1.68. The van der Waals surface area contributed by atoms with Gasteiger partial charge >= 0.3 is 0 Å². The van der Waals surface area contributed by atoms with Crippen molar-refractivity contribution < 1.29 is 0 Å². The van der Waals surface area contributed by atoms with Gasteiger partial charge in [0.15, 0.2) is 0 Å². The summed E-state index contributed by atoms with van der Waals surface area (Å²) < 4.78 is 0. The highest BCUT2D eigenvalue weighted by molar-refractivity contribution is 7.98. The molecule has 1 aromatic rings. The zero-order valence-corrected chi connectivity index (χ0v) is 16.7. The van der Waals surface area contributed by atoms with Gasteiger partial charge in [0.2, 0.25) is 0 Å². The molecule has 1 saturated carbocycles. The van der Waals surface area contributed by atoms with E-state index < -0.39 is 0 Å². The van der Waals surface area contributed by atoms with Crippen molar-refractivity contribution in [3.8, 4) is 0 Å². The lowest BCUT2D eigenvalue weighted by atomic mass is 9.87. The van der Waals surface area contributed by atoms with Crippen LogP contribution in [0.25, 0.3) is 0 Å². The van der Waals surface area contributed by atoms with Crippen LogP contribution in [0.15, 0.2) is 36.9 Å². The lowest BCUT2D eigenvalue weighted by molar-refractivity contribution is 0.268. The first-order valence-corrected chi connectivity index (χ1v) is 11.2. The molecule has 1 aliphatic rings. The highest BCUT2D eigenvalue weighted by Crippen LogP contribution is 2.26. The monoisotopic (exact) mass is 361 g/mol. The Morgan fingerprint density at radius 2 is 2.00 bits per heavy atom. The molecule has 1 heterocycles. The maximum Gasteiger partial charge on any atom is 0.0939 e. The van der Waals surface area contributed by atoms with E-state index in [1.807, 2.05) is 24.2 Å². The zero-order chi connectivity index (χ0) is 17.7. The summed E-state index contributed by atoms with van der Waals surface area (Å²) in [5, 5.41) is 3.56. The van der Waals surface area contributed by atoms with Crippen molar-refractivity contribution in [2.24, 2.45) is 5.92 Å². The number of nitrogens with one attached hydrogen (secondary N) is 1. The average molecular weight is 362 g/mol. The van der Waals surface area contributed by atoms with Gasteiger partial charge in [-0.1, -0.05) is 38.7 Å². The molecule has 0 bridgehead atoms. The van der Waals surface area contributed by atoms with Gasteiger partial charge in [-0.2, -0.15) is 11.8 Å². The van der Waals surface area contributed by atoms with E-state index in [2.05, 4.69) is 40.2 Å². The number of nitrogens with zero attached hydrogens (tertiary/aromatic N) is 2. The third-order valence-corrected chi connectivity index (χ3v) is 5.79. The lowest BCUT2D eigenvalue weighted by Crippen LogP contribution is -2.35. The predicted molar refractivity (Wildman–Crippen MR) is 111 cm³/mol. The molecule has 0 amide bonds. The number of thioether (sulfide) groups is 1. The van der Waals surface area contributed by atoms with Crippen molar-refractivity contribution in [1.82, 2.24) is 15.2 Å². The molecule has 0 saturated heterocycles. The highest BCUT2D eigenvalue weighted by atomic mass is 32.2. The summed E-state index contributed by atoms with van der Waals surface area (Å²) in [6, 6.07) is 4.20. The van der Waals surface area contributed by atoms with Crippen LogP contribution < -0.4 is 5.32 Å². The molecule has 0 unspecified atom stereocenters. The first-order valence-electron chi connectivity index (χ1n) is 9.85. The van der Waals surface area contributed by atoms with Gasteiger partial charge in [-0.25, -0.2) is 0 Å². The highest BCUT2D eigenvalue weighted by Gasteiger charge is 2.15. The van der Waals surface area contributed by atoms with Crippen LogP contribution in [0.4, 0.5) is 0 Å². The number of aromatic nitrogens is 1. The molecule has 1 N–H and O–H groups in total. The summed E-state index contributed by atoms with van der Waals surface area (Å²) in [5.41, 5.74) is 1.36. The maximum atomic E-state index is 4.31. The van der Waals surface area contributed by atoms with Crippen LogP contribution >= 0.6 is 11.8 Å². The molecule has 0 spiro atoms. The summed E-state index contributed by atoms with van der Waals surface area (Å²) in [6.45, 7) is 7.55. The second-order valence-electron chi connectivity index (χ2n) is 7.11. The maximum absolute atomic E-state index is 4.31. The number of rotatable bonds is 12. The number of hydrogen-bond donors (Lipinski definition) is 1. The Morgan fingerprint density at radius 1 is 1.24 bits per heavy atom. The number of hydrogen-bond acceptors (Lipinski definition) is 4.